The molecule has 0 aliphatic heterocycles. The quantitative estimate of drug-likeness (QED) is 0.702. The van der Waals surface area contributed by atoms with Crippen molar-refractivity contribution in [2.45, 2.75) is 19.9 Å². The van der Waals surface area contributed by atoms with Gasteiger partial charge < -0.3 is 4.74 Å². The van der Waals surface area contributed by atoms with Crippen molar-refractivity contribution in [2.75, 3.05) is 7.11 Å². The number of nitrogens with zero attached hydrogens (tertiary/aromatic N) is 2. The van der Waals surface area contributed by atoms with Crippen molar-refractivity contribution < 1.29 is 9.53 Å². The molecule has 4 nitrogen and oxygen atoms in total. The molecule has 0 unspecified atom stereocenters. The summed E-state index contributed by atoms with van der Waals surface area (Å²) in [5.74, 6) is -0.500. The summed E-state index contributed by atoms with van der Waals surface area (Å²) in [6, 6.07) is 0. The first-order chi connectivity index (χ1) is 6.19. The highest BCUT2D eigenvalue weighted by Crippen LogP contribution is 2.14. The van der Waals surface area contributed by atoms with Gasteiger partial charge in [0.05, 0.1) is 12.1 Å². The Labute approximate surface area is 81.4 Å². The molecule has 0 aromatic carbocycles. The first-order valence-electron chi connectivity index (χ1n) is 4.00. The van der Waals surface area contributed by atoms with Crippen LogP contribution in [-0.4, -0.2) is 22.9 Å². The van der Waals surface area contributed by atoms with Crippen molar-refractivity contribution in [3.05, 3.63) is 16.9 Å². The molecule has 0 saturated heterocycles. The molecule has 1 rings (SSSR count). The molecule has 5 heteroatoms. The molecule has 0 saturated carbocycles. The average Bonchev–Trinajstić information content (AvgIpc) is 2.46. The second-order valence-corrected chi connectivity index (χ2v) is 2.99. The van der Waals surface area contributed by atoms with E-state index in [4.69, 9.17) is 11.6 Å². The standard InChI is InChI=1S/C8H11ClN2O2/c1-3-4-11-5-6(9)7(10-11)8(12)13-2/h5H,3-4H2,1-2H3. The smallest absolute Gasteiger partial charge is 0.360 e. The molecule has 0 bridgehead atoms. The van der Waals surface area contributed by atoms with Crippen LogP contribution in [0, 0.1) is 0 Å². The first-order valence-corrected chi connectivity index (χ1v) is 4.38. The SMILES string of the molecule is CCCn1cc(Cl)c(C(=O)OC)n1. The zero-order valence-electron chi connectivity index (χ0n) is 7.58. The summed E-state index contributed by atoms with van der Waals surface area (Å²) in [6.07, 6.45) is 2.57. The zero-order valence-corrected chi connectivity index (χ0v) is 8.34. The molecule has 0 fully saturated rings. The van der Waals surface area contributed by atoms with Gasteiger partial charge in [0.2, 0.25) is 0 Å². The topological polar surface area (TPSA) is 44.1 Å². The highest BCUT2D eigenvalue weighted by atomic mass is 35.5. The summed E-state index contributed by atoms with van der Waals surface area (Å²) in [6.45, 7) is 2.77. The van der Waals surface area contributed by atoms with Gasteiger partial charge in [0.1, 0.15) is 0 Å². The predicted molar refractivity (Wildman–Crippen MR) is 48.9 cm³/mol. The number of rotatable bonds is 3. The summed E-state index contributed by atoms with van der Waals surface area (Å²) in [5, 5.41) is 4.31. The van der Waals surface area contributed by atoms with Crippen LogP contribution in [0.25, 0.3) is 0 Å². The first kappa shape index (κ1) is 10.1. The third-order valence-corrected chi connectivity index (χ3v) is 1.83. The van der Waals surface area contributed by atoms with Crippen LogP contribution in [0.15, 0.2) is 6.20 Å². The van der Waals surface area contributed by atoms with Crippen molar-refractivity contribution in [2.24, 2.45) is 0 Å². The van der Waals surface area contributed by atoms with Crippen LogP contribution in [0.4, 0.5) is 0 Å². The number of ether oxygens (including phenoxy) is 1. The van der Waals surface area contributed by atoms with Crippen LogP contribution in [0.3, 0.4) is 0 Å². The number of hydrogen-bond donors (Lipinski definition) is 0. The van der Waals surface area contributed by atoms with Gasteiger partial charge in [0, 0.05) is 12.7 Å². The van der Waals surface area contributed by atoms with Gasteiger partial charge in [-0.25, -0.2) is 4.79 Å². The number of esters is 1. The molecule has 1 aromatic heterocycles. The highest BCUT2D eigenvalue weighted by Gasteiger charge is 2.15. The number of carbonyl (C=O) groups excluding carboxylic acids is 1. The van der Waals surface area contributed by atoms with Gasteiger partial charge in [-0.15, -0.1) is 0 Å². The van der Waals surface area contributed by atoms with Crippen molar-refractivity contribution in [1.29, 1.82) is 0 Å². The Kier molecular flexibility index (Phi) is 3.31. The van der Waals surface area contributed by atoms with Gasteiger partial charge in [0.15, 0.2) is 5.69 Å². The third-order valence-electron chi connectivity index (χ3n) is 1.55. The lowest BCUT2D eigenvalue weighted by molar-refractivity contribution is 0.0593. The predicted octanol–water partition coefficient (Wildman–Crippen LogP) is 1.73. The molecular weight excluding hydrogens is 192 g/mol. The lowest BCUT2D eigenvalue weighted by atomic mass is 10.4. The van der Waals surface area contributed by atoms with E-state index in [2.05, 4.69) is 9.84 Å². The Morgan fingerprint density at radius 1 is 1.77 bits per heavy atom. The van der Waals surface area contributed by atoms with Gasteiger partial charge in [-0.3, -0.25) is 4.68 Å². The number of methoxy groups -OCH3 is 1. The molecule has 0 atom stereocenters. The number of aryl methyl sites for hydroxylation is 1. The fourth-order valence-electron chi connectivity index (χ4n) is 0.976. The molecule has 1 heterocycles. The summed E-state index contributed by atoms with van der Waals surface area (Å²) in [7, 11) is 1.30. The Hall–Kier alpha value is -1.03. The average molecular weight is 203 g/mol. The lowest BCUT2D eigenvalue weighted by Gasteiger charge is -1.95. The van der Waals surface area contributed by atoms with Crippen molar-refractivity contribution in [3.8, 4) is 0 Å². The second kappa shape index (κ2) is 4.28. The van der Waals surface area contributed by atoms with E-state index in [1.807, 2.05) is 6.92 Å². The maximum Gasteiger partial charge on any atom is 0.360 e. The molecule has 1 aromatic rings. The maximum absolute atomic E-state index is 11.1. The van der Waals surface area contributed by atoms with E-state index in [0.717, 1.165) is 13.0 Å². The van der Waals surface area contributed by atoms with Gasteiger partial charge in [-0.05, 0) is 6.42 Å². The van der Waals surface area contributed by atoms with Crippen LogP contribution in [0.5, 0.6) is 0 Å². The van der Waals surface area contributed by atoms with E-state index in [1.165, 1.54) is 7.11 Å². The normalized spacial score (nSPS) is 10.1. The molecule has 0 N–H and O–H groups in total. The van der Waals surface area contributed by atoms with Crippen LogP contribution in [0.1, 0.15) is 23.8 Å². The Balaban J connectivity index is 2.89. The van der Waals surface area contributed by atoms with Crippen LogP contribution >= 0.6 is 11.6 Å². The number of aromatic nitrogens is 2. The maximum atomic E-state index is 11.1. The van der Waals surface area contributed by atoms with Crippen LogP contribution in [-0.2, 0) is 11.3 Å². The van der Waals surface area contributed by atoms with Crippen molar-refractivity contribution in [1.82, 2.24) is 9.78 Å². The Morgan fingerprint density at radius 3 is 3.00 bits per heavy atom. The Morgan fingerprint density at radius 2 is 2.46 bits per heavy atom. The molecule has 0 aliphatic rings. The molecule has 0 spiro atoms. The lowest BCUT2D eigenvalue weighted by Crippen LogP contribution is -2.05. The molecule has 0 aliphatic carbocycles. The van der Waals surface area contributed by atoms with Gasteiger partial charge in [-0.1, -0.05) is 18.5 Å². The fourth-order valence-corrected chi connectivity index (χ4v) is 1.20. The van der Waals surface area contributed by atoms with E-state index >= 15 is 0 Å². The van der Waals surface area contributed by atoms with Gasteiger partial charge in [0.25, 0.3) is 0 Å². The van der Waals surface area contributed by atoms with Crippen LogP contribution in [0.2, 0.25) is 5.02 Å². The van der Waals surface area contributed by atoms with E-state index in [-0.39, 0.29) is 5.69 Å². The molecule has 0 radical (unpaired) electrons. The van der Waals surface area contributed by atoms with E-state index in [1.54, 1.807) is 10.9 Å². The number of hydrogen-bond acceptors (Lipinski definition) is 3. The van der Waals surface area contributed by atoms with Crippen molar-refractivity contribution in [3.63, 3.8) is 0 Å². The highest BCUT2D eigenvalue weighted by molar-refractivity contribution is 6.33. The summed E-state index contributed by atoms with van der Waals surface area (Å²) < 4.78 is 6.14. The second-order valence-electron chi connectivity index (χ2n) is 2.58. The molecule has 72 valence electrons. The molecule has 0 amide bonds. The van der Waals surface area contributed by atoms with Gasteiger partial charge >= 0.3 is 5.97 Å². The summed E-state index contributed by atoms with van der Waals surface area (Å²) in [5.41, 5.74) is 0.178. The van der Waals surface area contributed by atoms with E-state index in [9.17, 15) is 4.79 Å². The summed E-state index contributed by atoms with van der Waals surface area (Å²) in [4.78, 5) is 11.1. The zero-order chi connectivity index (χ0) is 9.84. The minimum atomic E-state index is -0.500. The van der Waals surface area contributed by atoms with E-state index in [0.29, 0.717) is 5.02 Å². The van der Waals surface area contributed by atoms with Crippen LogP contribution < -0.4 is 0 Å². The monoisotopic (exact) mass is 202 g/mol. The number of carbonyl (C=O) groups is 1. The molecular formula is C8H11ClN2O2. The summed E-state index contributed by atoms with van der Waals surface area (Å²) >= 11 is 5.77. The Bertz CT molecular complexity index is 309. The van der Waals surface area contributed by atoms with E-state index < -0.39 is 5.97 Å². The minimum absolute atomic E-state index is 0.178. The van der Waals surface area contributed by atoms with Gasteiger partial charge in [-0.2, -0.15) is 5.10 Å². The number of halogens is 1. The largest absolute Gasteiger partial charge is 0.464 e. The fraction of sp³-hybridized carbons (Fsp3) is 0.500. The molecule has 13 heavy (non-hydrogen) atoms. The van der Waals surface area contributed by atoms with Crippen molar-refractivity contribution >= 4 is 17.6 Å². The minimum Gasteiger partial charge on any atom is -0.464 e. The third kappa shape index (κ3) is 2.21.